The van der Waals surface area contributed by atoms with Crippen molar-refractivity contribution in [3.05, 3.63) is 60.7 Å². The quantitative estimate of drug-likeness (QED) is 0.454. The predicted molar refractivity (Wildman–Crippen MR) is 106 cm³/mol. The molecule has 0 aliphatic carbocycles. The van der Waals surface area contributed by atoms with Gasteiger partial charge >= 0.3 is 0 Å². The molecule has 0 fully saturated rings. The molecule has 0 saturated heterocycles. The number of nitrogens with zero attached hydrogens (tertiary/aromatic N) is 4. The van der Waals surface area contributed by atoms with E-state index in [2.05, 4.69) is 39.3 Å². The van der Waals surface area contributed by atoms with Crippen molar-refractivity contribution in [2.24, 2.45) is 0 Å². The van der Waals surface area contributed by atoms with Crippen molar-refractivity contribution >= 4 is 48.9 Å². The maximum absolute atomic E-state index is 5.04. The molecule has 0 aliphatic rings. The van der Waals surface area contributed by atoms with Gasteiger partial charge < -0.3 is 4.98 Å². The lowest BCUT2D eigenvalue weighted by atomic mass is 10.1. The highest BCUT2D eigenvalue weighted by molar-refractivity contribution is 7.22. The molecule has 0 amide bonds. The molecule has 6 rings (SSSR count). The summed E-state index contributed by atoms with van der Waals surface area (Å²) in [4.78, 5) is 12.9. The number of hydrogen-bond acceptors (Lipinski definition) is 4. The topological polar surface area (TPSA) is 58.9 Å². The number of aromatic nitrogens is 5. The van der Waals surface area contributed by atoms with Gasteiger partial charge in [0, 0.05) is 17.0 Å². The normalized spacial score (nSPS) is 12.0. The van der Waals surface area contributed by atoms with Gasteiger partial charge in [-0.05, 0) is 19.1 Å². The Morgan fingerprint density at radius 1 is 1.00 bits per heavy atom. The molecule has 5 nitrogen and oxygen atoms in total. The number of imidazole rings is 1. The second-order valence-electron chi connectivity index (χ2n) is 6.36. The zero-order valence-corrected chi connectivity index (χ0v) is 14.7. The Kier molecular flexibility index (Phi) is 2.63. The van der Waals surface area contributed by atoms with Gasteiger partial charge in [0.05, 0.1) is 44.4 Å². The molecule has 1 N–H and O–H groups in total. The molecule has 6 aromatic rings. The molecule has 26 heavy (non-hydrogen) atoms. The van der Waals surface area contributed by atoms with Crippen LogP contribution in [-0.4, -0.2) is 24.6 Å². The molecule has 2 aromatic carbocycles. The zero-order chi connectivity index (χ0) is 17.3. The number of benzene rings is 2. The lowest BCUT2D eigenvalue weighted by molar-refractivity contribution is 0.934. The van der Waals surface area contributed by atoms with Crippen molar-refractivity contribution in [1.29, 1.82) is 0 Å². The number of hydrogen-bond donors (Lipinski definition) is 1. The molecule has 4 heterocycles. The number of thiazole rings is 1. The summed E-state index contributed by atoms with van der Waals surface area (Å²) in [6.45, 7) is 2.04. The first-order valence-electron chi connectivity index (χ1n) is 8.40. The maximum atomic E-state index is 5.04. The molecule has 0 aliphatic heterocycles. The average Bonchev–Trinajstić information content (AvgIpc) is 3.37. The fourth-order valence-corrected chi connectivity index (χ4v) is 4.92. The van der Waals surface area contributed by atoms with Crippen LogP contribution >= 0.6 is 11.3 Å². The lowest BCUT2D eigenvalue weighted by Crippen LogP contribution is -1.83. The summed E-state index contributed by atoms with van der Waals surface area (Å²) in [5.41, 5.74) is 6.24. The number of rotatable bonds is 1. The van der Waals surface area contributed by atoms with Crippen LogP contribution in [0.15, 0.2) is 55.0 Å². The molecule has 0 radical (unpaired) electrons. The monoisotopic (exact) mass is 355 g/mol. The summed E-state index contributed by atoms with van der Waals surface area (Å²) < 4.78 is 3.06. The molecule has 0 atom stereocenters. The van der Waals surface area contributed by atoms with Gasteiger partial charge in [0.1, 0.15) is 5.01 Å². The Balaban J connectivity index is 1.79. The summed E-state index contributed by atoms with van der Waals surface area (Å²) in [6.07, 6.45) is 3.73. The third-order valence-electron chi connectivity index (χ3n) is 4.86. The predicted octanol–water partition coefficient (Wildman–Crippen LogP) is 4.95. The number of pyridine rings is 1. The summed E-state index contributed by atoms with van der Waals surface area (Å²) in [6, 6.07) is 14.4. The van der Waals surface area contributed by atoms with Gasteiger partial charge in [-0.2, -0.15) is 5.10 Å². The van der Waals surface area contributed by atoms with Crippen LogP contribution in [0.3, 0.4) is 0 Å². The Bertz CT molecular complexity index is 1450. The van der Waals surface area contributed by atoms with Gasteiger partial charge in [0.25, 0.3) is 0 Å². The molecule has 6 heteroatoms. The summed E-state index contributed by atoms with van der Waals surface area (Å²) in [7, 11) is 0. The van der Waals surface area contributed by atoms with Crippen LogP contribution in [0.1, 0.15) is 5.69 Å². The second kappa shape index (κ2) is 4.89. The van der Waals surface area contributed by atoms with Gasteiger partial charge in [0.15, 0.2) is 0 Å². The standard InChI is InChI=1S/C20H13N5S/c1-11-15(14-8-4-5-9-25(14)24-11)20-23-17-13-7-3-2-6-12(13)16-18(19(17)26-20)22-10-21-16/h2-10H,1H3,(H,21,22). The van der Waals surface area contributed by atoms with Gasteiger partial charge in [-0.1, -0.05) is 30.3 Å². The molecule has 0 bridgehead atoms. The van der Waals surface area contributed by atoms with Crippen LogP contribution in [0.5, 0.6) is 0 Å². The van der Waals surface area contributed by atoms with Gasteiger partial charge in [-0.25, -0.2) is 14.5 Å². The number of aromatic amines is 1. The zero-order valence-electron chi connectivity index (χ0n) is 13.9. The SMILES string of the molecule is Cc1nn2ccccc2c1-c1nc2c3ccccc3c3nc[nH]c3c2s1. The Hall–Kier alpha value is -3.25. The Morgan fingerprint density at radius 3 is 2.69 bits per heavy atom. The van der Waals surface area contributed by atoms with Gasteiger partial charge in [0.2, 0.25) is 0 Å². The molecule has 4 aromatic heterocycles. The van der Waals surface area contributed by atoms with Crippen LogP contribution in [0, 0.1) is 6.92 Å². The van der Waals surface area contributed by atoms with Crippen LogP contribution in [0.25, 0.3) is 48.1 Å². The highest BCUT2D eigenvalue weighted by Gasteiger charge is 2.19. The Morgan fingerprint density at radius 2 is 1.81 bits per heavy atom. The molecule has 0 saturated carbocycles. The fourth-order valence-electron chi connectivity index (χ4n) is 3.73. The van der Waals surface area contributed by atoms with Crippen molar-refractivity contribution in [3.8, 4) is 10.6 Å². The third kappa shape index (κ3) is 1.71. The van der Waals surface area contributed by atoms with Crippen molar-refractivity contribution in [2.75, 3.05) is 0 Å². The van der Waals surface area contributed by atoms with Gasteiger partial charge in [-0.15, -0.1) is 11.3 Å². The minimum absolute atomic E-state index is 0.986. The van der Waals surface area contributed by atoms with E-state index in [9.17, 15) is 0 Å². The van der Waals surface area contributed by atoms with E-state index in [-0.39, 0.29) is 0 Å². The van der Waals surface area contributed by atoms with Crippen LogP contribution in [-0.2, 0) is 0 Å². The van der Waals surface area contributed by atoms with Crippen LogP contribution < -0.4 is 0 Å². The maximum Gasteiger partial charge on any atom is 0.128 e. The van der Waals surface area contributed by atoms with E-state index in [1.807, 2.05) is 35.8 Å². The first-order valence-corrected chi connectivity index (χ1v) is 9.21. The van der Waals surface area contributed by atoms with E-state index in [0.29, 0.717) is 0 Å². The fraction of sp³-hybridized carbons (Fsp3) is 0.0500. The second-order valence-corrected chi connectivity index (χ2v) is 7.36. The molecular weight excluding hydrogens is 342 g/mol. The number of aryl methyl sites for hydroxylation is 1. The van der Waals surface area contributed by atoms with E-state index in [1.54, 1.807) is 17.7 Å². The molecule has 0 unspecified atom stereocenters. The first kappa shape index (κ1) is 14.0. The van der Waals surface area contributed by atoms with E-state index in [4.69, 9.17) is 4.98 Å². The molecular formula is C20H13N5S. The number of H-pyrrole nitrogens is 1. The third-order valence-corrected chi connectivity index (χ3v) is 5.95. The summed E-state index contributed by atoms with van der Waals surface area (Å²) >= 11 is 1.70. The van der Waals surface area contributed by atoms with Gasteiger partial charge in [-0.3, -0.25) is 0 Å². The highest BCUT2D eigenvalue weighted by atomic mass is 32.1. The minimum atomic E-state index is 0.986. The smallest absolute Gasteiger partial charge is 0.128 e. The van der Waals surface area contributed by atoms with Crippen molar-refractivity contribution in [3.63, 3.8) is 0 Å². The largest absolute Gasteiger partial charge is 0.343 e. The Labute approximate surface area is 151 Å². The van der Waals surface area contributed by atoms with Crippen LogP contribution in [0.4, 0.5) is 0 Å². The molecule has 0 spiro atoms. The minimum Gasteiger partial charge on any atom is -0.343 e. The van der Waals surface area contributed by atoms with Crippen LogP contribution in [0.2, 0.25) is 0 Å². The number of fused-ring (bicyclic) bond motifs is 7. The van der Waals surface area contributed by atoms with Crippen molar-refractivity contribution in [2.45, 2.75) is 6.92 Å². The summed E-state index contributed by atoms with van der Waals surface area (Å²) in [5, 5.41) is 7.90. The molecule has 124 valence electrons. The first-order chi connectivity index (χ1) is 12.8. The lowest BCUT2D eigenvalue weighted by Gasteiger charge is -2.00. The summed E-state index contributed by atoms with van der Waals surface area (Å²) in [5.74, 6) is 0. The van der Waals surface area contributed by atoms with E-state index >= 15 is 0 Å². The van der Waals surface area contributed by atoms with E-state index in [1.165, 1.54) is 0 Å². The highest BCUT2D eigenvalue weighted by Crippen LogP contribution is 2.40. The average molecular weight is 355 g/mol. The van der Waals surface area contributed by atoms with E-state index < -0.39 is 0 Å². The van der Waals surface area contributed by atoms with E-state index in [0.717, 1.165) is 53.8 Å². The van der Waals surface area contributed by atoms with Crippen molar-refractivity contribution in [1.82, 2.24) is 24.6 Å². The van der Waals surface area contributed by atoms with Crippen molar-refractivity contribution < 1.29 is 0 Å². The number of nitrogens with one attached hydrogen (secondary N) is 1.